The van der Waals surface area contributed by atoms with E-state index in [0.29, 0.717) is 24.5 Å². The van der Waals surface area contributed by atoms with E-state index in [-0.39, 0.29) is 23.7 Å². The Kier molecular flexibility index (Phi) is 10.1. The lowest BCUT2D eigenvalue weighted by Gasteiger charge is -2.46. The molecule has 1 saturated heterocycles. The van der Waals surface area contributed by atoms with Crippen LogP contribution in [0.15, 0.2) is 55.0 Å². The van der Waals surface area contributed by atoms with Gasteiger partial charge in [0.15, 0.2) is 5.79 Å². The number of methoxy groups -OCH3 is 2. The first-order valence-electron chi connectivity index (χ1n) is 20.2. The SMILES string of the molecule is COc1ccc(CNc2ncnc3c2ccn3[C@@H]2C[C@H](CN(C(C)C)C3CC(CCc4nc5ccc(C(C)(C)C)cc5[nH]4)C3)[C@H]3OC(C)(C)O[C@H]32)c(OC)c1. The fraction of sp³-hybridized carbons (Fsp3) is 0.568. The van der Waals surface area contributed by atoms with Crippen LogP contribution < -0.4 is 14.8 Å². The van der Waals surface area contributed by atoms with E-state index >= 15 is 0 Å². The van der Waals surface area contributed by atoms with E-state index in [1.54, 1.807) is 20.5 Å². The summed E-state index contributed by atoms with van der Waals surface area (Å²) in [5.74, 6) is 3.85. The second-order valence-electron chi connectivity index (χ2n) is 17.8. The number of ether oxygens (including phenoxy) is 4. The van der Waals surface area contributed by atoms with E-state index in [0.717, 1.165) is 76.1 Å². The highest BCUT2D eigenvalue weighted by molar-refractivity contribution is 5.87. The van der Waals surface area contributed by atoms with Gasteiger partial charge < -0.3 is 33.8 Å². The van der Waals surface area contributed by atoms with E-state index in [4.69, 9.17) is 28.9 Å². The van der Waals surface area contributed by atoms with E-state index in [1.807, 2.05) is 32.0 Å². The molecular formula is C44H59N7O4. The molecule has 55 heavy (non-hydrogen) atoms. The van der Waals surface area contributed by atoms with Crippen molar-refractivity contribution in [3.8, 4) is 11.5 Å². The van der Waals surface area contributed by atoms with Crippen LogP contribution in [0.4, 0.5) is 5.82 Å². The zero-order chi connectivity index (χ0) is 38.6. The number of rotatable bonds is 13. The van der Waals surface area contributed by atoms with Gasteiger partial charge in [-0.1, -0.05) is 26.8 Å². The number of aryl methyl sites for hydroxylation is 1. The molecule has 2 aliphatic carbocycles. The van der Waals surface area contributed by atoms with Crippen LogP contribution in [0.5, 0.6) is 11.5 Å². The Morgan fingerprint density at radius 3 is 2.55 bits per heavy atom. The standard InChI is InChI=1S/C44H59N7O4/c1-26(2)51(31-18-27(19-31)10-15-38-48-34-14-12-30(43(3,4)5)21-35(34)49-38)24-29-20-36(40-39(29)54-44(6,7)55-40)50-17-16-33-41(46-25-47-42(33)50)45-23-28-11-13-32(52-8)22-37(28)53-9/h11-14,16-17,21-22,25-27,29,31,36,39-40H,10,15,18-20,23-24H2,1-9H3,(H,48,49)(H,45,46,47)/t27?,29-,31?,36-,39-,40+/m1/s1. The van der Waals surface area contributed by atoms with Crippen molar-refractivity contribution in [2.24, 2.45) is 11.8 Å². The molecule has 5 aromatic rings. The van der Waals surface area contributed by atoms with Crippen molar-refractivity contribution in [2.45, 2.75) is 129 Å². The van der Waals surface area contributed by atoms with Crippen LogP contribution >= 0.6 is 0 Å². The topological polar surface area (TPSA) is 112 Å². The Bertz CT molecular complexity index is 2130. The molecule has 0 spiro atoms. The number of nitrogens with one attached hydrogen (secondary N) is 2. The van der Waals surface area contributed by atoms with Gasteiger partial charge in [-0.3, -0.25) is 4.90 Å². The summed E-state index contributed by atoms with van der Waals surface area (Å²) in [6.45, 7) is 17.1. The molecule has 2 saturated carbocycles. The predicted molar refractivity (Wildman–Crippen MR) is 217 cm³/mol. The molecule has 4 atom stereocenters. The van der Waals surface area contributed by atoms with Gasteiger partial charge in [-0.25, -0.2) is 15.0 Å². The predicted octanol–water partition coefficient (Wildman–Crippen LogP) is 8.44. The molecular weight excluding hydrogens is 691 g/mol. The molecule has 0 radical (unpaired) electrons. The number of fused-ring (bicyclic) bond motifs is 3. The number of hydrogen-bond donors (Lipinski definition) is 2. The lowest BCUT2D eigenvalue weighted by Crippen LogP contribution is -2.51. The molecule has 3 fully saturated rings. The zero-order valence-electron chi connectivity index (χ0n) is 34.1. The van der Waals surface area contributed by atoms with Crippen molar-refractivity contribution >= 4 is 27.9 Å². The number of H-pyrrole nitrogens is 1. The summed E-state index contributed by atoms with van der Waals surface area (Å²) in [6.07, 6.45) is 9.36. The molecule has 1 aliphatic heterocycles. The van der Waals surface area contributed by atoms with Crippen molar-refractivity contribution in [3.63, 3.8) is 0 Å². The number of nitrogens with zero attached hydrogens (tertiary/aromatic N) is 5. The average Bonchev–Trinajstić information content (AvgIpc) is 3.90. The summed E-state index contributed by atoms with van der Waals surface area (Å²) < 4.78 is 26.7. The van der Waals surface area contributed by atoms with Gasteiger partial charge >= 0.3 is 0 Å². The normalized spacial score (nSPS) is 24.9. The Morgan fingerprint density at radius 1 is 1.00 bits per heavy atom. The first kappa shape index (κ1) is 37.7. The highest BCUT2D eigenvalue weighted by atomic mass is 16.8. The van der Waals surface area contributed by atoms with Gasteiger partial charge in [0.2, 0.25) is 0 Å². The summed E-state index contributed by atoms with van der Waals surface area (Å²) in [4.78, 5) is 20.7. The number of aromatic nitrogens is 5. The second-order valence-corrected chi connectivity index (χ2v) is 17.8. The fourth-order valence-corrected chi connectivity index (χ4v) is 9.31. The van der Waals surface area contributed by atoms with Crippen LogP contribution in [0.2, 0.25) is 0 Å². The first-order chi connectivity index (χ1) is 26.3. The molecule has 2 N–H and O–H groups in total. The third-order valence-corrected chi connectivity index (χ3v) is 12.3. The average molecular weight is 750 g/mol. The lowest BCUT2D eigenvalue weighted by atomic mass is 9.76. The van der Waals surface area contributed by atoms with Crippen molar-refractivity contribution in [1.82, 2.24) is 29.4 Å². The van der Waals surface area contributed by atoms with Crippen molar-refractivity contribution in [3.05, 3.63) is 71.9 Å². The molecule has 2 aromatic carbocycles. The van der Waals surface area contributed by atoms with Gasteiger partial charge in [0.25, 0.3) is 0 Å². The largest absolute Gasteiger partial charge is 0.497 e. The van der Waals surface area contributed by atoms with Gasteiger partial charge in [0.05, 0.1) is 42.8 Å². The molecule has 11 nitrogen and oxygen atoms in total. The van der Waals surface area contributed by atoms with Gasteiger partial charge in [-0.2, -0.15) is 0 Å². The van der Waals surface area contributed by atoms with E-state index in [9.17, 15) is 0 Å². The molecule has 3 aliphatic rings. The van der Waals surface area contributed by atoms with Gasteiger partial charge in [-0.15, -0.1) is 0 Å². The Labute approximate surface area is 325 Å². The third kappa shape index (κ3) is 7.55. The number of hydrogen-bond acceptors (Lipinski definition) is 9. The van der Waals surface area contributed by atoms with E-state index < -0.39 is 5.79 Å². The summed E-state index contributed by atoms with van der Waals surface area (Å²) in [6, 6.07) is 15.8. The van der Waals surface area contributed by atoms with Gasteiger partial charge in [0, 0.05) is 55.3 Å². The monoisotopic (exact) mass is 749 g/mol. The van der Waals surface area contributed by atoms with Gasteiger partial charge in [0.1, 0.15) is 41.2 Å². The Hall–Kier alpha value is -4.19. The highest BCUT2D eigenvalue weighted by Crippen LogP contribution is 2.49. The van der Waals surface area contributed by atoms with Crippen molar-refractivity contribution in [1.29, 1.82) is 0 Å². The fourth-order valence-electron chi connectivity index (χ4n) is 9.31. The highest BCUT2D eigenvalue weighted by Gasteiger charge is 2.55. The Balaban J connectivity index is 0.932. The molecule has 0 unspecified atom stereocenters. The van der Waals surface area contributed by atoms with E-state index in [1.165, 1.54) is 24.8 Å². The van der Waals surface area contributed by atoms with Crippen LogP contribution in [0.3, 0.4) is 0 Å². The lowest BCUT2D eigenvalue weighted by molar-refractivity contribution is -0.161. The van der Waals surface area contributed by atoms with Gasteiger partial charge in [-0.05, 0) is 101 Å². The van der Waals surface area contributed by atoms with Crippen LogP contribution in [-0.2, 0) is 27.9 Å². The maximum Gasteiger partial charge on any atom is 0.163 e. The van der Waals surface area contributed by atoms with Crippen LogP contribution in [0.25, 0.3) is 22.1 Å². The minimum Gasteiger partial charge on any atom is -0.497 e. The summed E-state index contributed by atoms with van der Waals surface area (Å²) in [7, 11) is 3.33. The molecule has 0 bridgehead atoms. The molecule has 3 aromatic heterocycles. The molecule has 8 rings (SSSR count). The summed E-state index contributed by atoms with van der Waals surface area (Å²) in [5, 5.41) is 4.51. The molecule has 4 heterocycles. The number of anilines is 1. The minimum absolute atomic E-state index is 0.0171. The number of imidazole rings is 1. The van der Waals surface area contributed by atoms with Crippen molar-refractivity contribution in [2.75, 3.05) is 26.1 Å². The molecule has 0 amide bonds. The van der Waals surface area contributed by atoms with Crippen LogP contribution in [0.1, 0.15) is 97.1 Å². The molecule has 294 valence electrons. The zero-order valence-corrected chi connectivity index (χ0v) is 34.1. The smallest absolute Gasteiger partial charge is 0.163 e. The van der Waals surface area contributed by atoms with E-state index in [2.05, 4.69) is 89.8 Å². The Morgan fingerprint density at radius 2 is 1.80 bits per heavy atom. The third-order valence-electron chi connectivity index (χ3n) is 12.3. The van der Waals surface area contributed by atoms with Crippen molar-refractivity contribution < 1.29 is 18.9 Å². The summed E-state index contributed by atoms with van der Waals surface area (Å²) in [5.41, 5.74) is 5.60. The number of aromatic amines is 1. The second kappa shape index (κ2) is 14.7. The molecule has 11 heteroatoms. The summed E-state index contributed by atoms with van der Waals surface area (Å²) >= 11 is 0. The maximum absolute atomic E-state index is 6.71. The van der Waals surface area contributed by atoms with Crippen LogP contribution in [0, 0.1) is 11.8 Å². The quantitative estimate of drug-likeness (QED) is 0.123. The van der Waals surface area contributed by atoms with Crippen LogP contribution in [-0.4, -0.2) is 80.2 Å². The first-order valence-corrected chi connectivity index (χ1v) is 20.2. The minimum atomic E-state index is -0.635. The number of benzene rings is 2. The maximum atomic E-state index is 6.71.